The topological polar surface area (TPSA) is 64.1 Å². The highest BCUT2D eigenvalue weighted by Gasteiger charge is 2.11. The summed E-state index contributed by atoms with van der Waals surface area (Å²) in [5, 5.41) is 14.4. The first-order valence-electron chi connectivity index (χ1n) is 6.83. The van der Waals surface area contributed by atoms with Crippen LogP contribution in [-0.4, -0.2) is 14.9 Å². The highest BCUT2D eigenvalue weighted by atomic mass is 16.3. The Morgan fingerprint density at radius 2 is 1.77 bits per heavy atom. The number of para-hydroxylation sites is 1. The number of aryl methyl sites for hydroxylation is 1. The summed E-state index contributed by atoms with van der Waals surface area (Å²) in [6, 6.07) is 14.5. The van der Waals surface area contributed by atoms with Gasteiger partial charge in [0.05, 0.1) is 5.56 Å². The van der Waals surface area contributed by atoms with Crippen LogP contribution in [0, 0.1) is 11.8 Å². The largest absolute Gasteiger partial charge is 0.507 e. The van der Waals surface area contributed by atoms with E-state index in [0.717, 1.165) is 11.1 Å². The number of nitrogens with zero attached hydrogens (tertiary/aromatic N) is 2. The molecule has 3 rings (SSSR count). The van der Waals surface area contributed by atoms with Crippen molar-refractivity contribution in [1.29, 1.82) is 0 Å². The van der Waals surface area contributed by atoms with Gasteiger partial charge in [-0.15, -0.1) is 0 Å². The van der Waals surface area contributed by atoms with Crippen LogP contribution in [0.2, 0.25) is 0 Å². The molecule has 3 N–H and O–H groups in total. The number of hydrogen-bond donors (Lipinski definition) is 2. The SMILES string of the molecule is Cn1cc(C#Cc2ccc(N)cc2)c(-c2ccccc2O)n1. The van der Waals surface area contributed by atoms with E-state index in [1.54, 1.807) is 16.8 Å². The summed E-state index contributed by atoms with van der Waals surface area (Å²) in [5.41, 5.74) is 9.36. The molecule has 0 aliphatic rings. The van der Waals surface area contributed by atoms with Crippen LogP contribution in [0.3, 0.4) is 0 Å². The number of benzene rings is 2. The van der Waals surface area contributed by atoms with Gasteiger partial charge in [-0.05, 0) is 36.4 Å². The third kappa shape index (κ3) is 2.79. The monoisotopic (exact) mass is 289 g/mol. The predicted octanol–water partition coefficient (Wildman–Crippen LogP) is 2.77. The Morgan fingerprint density at radius 1 is 1.05 bits per heavy atom. The lowest BCUT2D eigenvalue weighted by atomic mass is 10.1. The second-order valence-electron chi connectivity index (χ2n) is 4.95. The molecule has 0 bridgehead atoms. The van der Waals surface area contributed by atoms with Crippen molar-refractivity contribution in [1.82, 2.24) is 9.78 Å². The number of aromatic hydroxyl groups is 1. The Labute approximate surface area is 128 Å². The molecule has 0 radical (unpaired) electrons. The van der Waals surface area contributed by atoms with Crippen molar-refractivity contribution in [3.63, 3.8) is 0 Å². The predicted molar refractivity (Wildman–Crippen MR) is 87.1 cm³/mol. The van der Waals surface area contributed by atoms with Crippen molar-refractivity contribution in [2.24, 2.45) is 7.05 Å². The summed E-state index contributed by atoms with van der Waals surface area (Å²) in [7, 11) is 1.83. The number of nitrogens with two attached hydrogens (primary N) is 1. The molecule has 108 valence electrons. The zero-order valence-corrected chi connectivity index (χ0v) is 12.1. The van der Waals surface area contributed by atoms with Crippen LogP contribution >= 0.6 is 0 Å². The van der Waals surface area contributed by atoms with Gasteiger partial charge in [-0.25, -0.2) is 0 Å². The van der Waals surface area contributed by atoms with E-state index in [2.05, 4.69) is 16.9 Å². The number of phenols is 1. The molecule has 0 aliphatic carbocycles. The first-order valence-corrected chi connectivity index (χ1v) is 6.83. The van der Waals surface area contributed by atoms with Gasteiger partial charge in [0.1, 0.15) is 11.4 Å². The van der Waals surface area contributed by atoms with Crippen molar-refractivity contribution in [3.05, 3.63) is 65.9 Å². The molecule has 0 amide bonds. The van der Waals surface area contributed by atoms with Crippen LogP contribution in [0.15, 0.2) is 54.7 Å². The lowest BCUT2D eigenvalue weighted by Gasteiger charge is -2.00. The Kier molecular flexibility index (Phi) is 3.55. The Balaban J connectivity index is 2.03. The minimum atomic E-state index is 0.191. The first kappa shape index (κ1) is 13.8. The van der Waals surface area contributed by atoms with Gasteiger partial charge in [0.25, 0.3) is 0 Å². The number of nitrogen functional groups attached to an aromatic ring is 1. The van der Waals surface area contributed by atoms with Crippen molar-refractivity contribution in [2.45, 2.75) is 0 Å². The summed E-state index contributed by atoms with van der Waals surface area (Å²) in [4.78, 5) is 0. The molecule has 0 atom stereocenters. The molecule has 1 heterocycles. The highest BCUT2D eigenvalue weighted by Crippen LogP contribution is 2.29. The fourth-order valence-corrected chi connectivity index (χ4v) is 2.16. The minimum absolute atomic E-state index is 0.191. The van der Waals surface area contributed by atoms with Crippen LogP contribution in [-0.2, 0) is 7.05 Å². The molecular formula is C18H15N3O. The molecule has 2 aromatic carbocycles. The highest BCUT2D eigenvalue weighted by molar-refractivity contribution is 5.72. The third-order valence-corrected chi connectivity index (χ3v) is 3.24. The second-order valence-corrected chi connectivity index (χ2v) is 4.95. The maximum atomic E-state index is 10.0. The molecule has 1 aromatic heterocycles. The van der Waals surface area contributed by atoms with Crippen LogP contribution in [0.25, 0.3) is 11.3 Å². The summed E-state index contributed by atoms with van der Waals surface area (Å²) in [6.45, 7) is 0. The van der Waals surface area contributed by atoms with Crippen molar-refractivity contribution in [2.75, 3.05) is 5.73 Å². The van der Waals surface area contributed by atoms with Crippen LogP contribution in [0.1, 0.15) is 11.1 Å². The molecule has 4 nitrogen and oxygen atoms in total. The Bertz CT molecular complexity index is 867. The fraction of sp³-hybridized carbons (Fsp3) is 0.0556. The molecule has 0 saturated heterocycles. The average Bonchev–Trinajstić information content (AvgIpc) is 2.88. The molecule has 22 heavy (non-hydrogen) atoms. The summed E-state index contributed by atoms with van der Waals surface area (Å²) in [6.07, 6.45) is 1.84. The fourth-order valence-electron chi connectivity index (χ4n) is 2.16. The molecular weight excluding hydrogens is 274 g/mol. The van der Waals surface area contributed by atoms with E-state index in [0.29, 0.717) is 16.9 Å². The van der Waals surface area contributed by atoms with E-state index in [1.165, 1.54) is 0 Å². The zero-order chi connectivity index (χ0) is 15.5. The minimum Gasteiger partial charge on any atom is -0.507 e. The molecule has 0 unspecified atom stereocenters. The summed E-state index contributed by atoms with van der Waals surface area (Å²) >= 11 is 0. The number of aromatic nitrogens is 2. The second kappa shape index (κ2) is 5.66. The standard InChI is InChI=1S/C18H15N3O/c1-21-12-14(9-6-13-7-10-15(19)11-8-13)18(20-21)16-4-2-3-5-17(16)22/h2-5,7-8,10-12,22H,19H2,1H3. The molecule has 0 fully saturated rings. The number of phenolic OH excluding ortho intramolecular Hbond substituents is 1. The zero-order valence-electron chi connectivity index (χ0n) is 12.1. The molecule has 0 saturated carbocycles. The number of hydrogen-bond acceptors (Lipinski definition) is 3. The normalized spacial score (nSPS) is 10.0. The first-order chi connectivity index (χ1) is 10.6. The van der Waals surface area contributed by atoms with Crippen molar-refractivity contribution >= 4 is 5.69 Å². The van der Waals surface area contributed by atoms with Gasteiger partial charge in [-0.2, -0.15) is 5.10 Å². The molecule has 0 spiro atoms. The lowest BCUT2D eigenvalue weighted by Crippen LogP contribution is -1.88. The summed E-state index contributed by atoms with van der Waals surface area (Å²) in [5.74, 6) is 6.39. The Morgan fingerprint density at radius 3 is 2.50 bits per heavy atom. The van der Waals surface area contributed by atoms with Crippen LogP contribution < -0.4 is 5.73 Å². The quantitative estimate of drug-likeness (QED) is 0.535. The maximum absolute atomic E-state index is 10.0. The van der Waals surface area contributed by atoms with Gasteiger partial charge >= 0.3 is 0 Å². The van der Waals surface area contributed by atoms with E-state index < -0.39 is 0 Å². The van der Waals surface area contributed by atoms with Gasteiger partial charge in [-0.3, -0.25) is 4.68 Å². The Hall–Kier alpha value is -3.19. The molecule has 4 heteroatoms. The number of rotatable bonds is 1. The van der Waals surface area contributed by atoms with Gasteiger partial charge in [0, 0.05) is 30.1 Å². The smallest absolute Gasteiger partial charge is 0.125 e. The van der Waals surface area contributed by atoms with E-state index in [-0.39, 0.29) is 5.75 Å². The van der Waals surface area contributed by atoms with Crippen molar-refractivity contribution < 1.29 is 5.11 Å². The van der Waals surface area contributed by atoms with Gasteiger partial charge in [0.2, 0.25) is 0 Å². The molecule has 0 aliphatic heterocycles. The van der Waals surface area contributed by atoms with Crippen molar-refractivity contribution in [3.8, 4) is 28.8 Å². The summed E-state index contributed by atoms with van der Waals surface area (Å²) < 4.78 is 1.69. The molecule has 3 aromatic rings. The number of anilines is 1. The van der Waals surface area contributed by atoms with Crippen LogP contribution in [0.5, 0.6) is 5.75 Å². The maximum Gasteiger partial charge on any atom is 0.125 e. The van der Waals surface area contributed by atoms with E-state index >= 15 is 0 Å². The van der Waals surface area contributed by atoms with E-state index in [1.807, 2.05) is 49.6 Å². The van der Waals surface area contributed by atoms with Gasteiger partial charge in [0.15, 0.2) is 0 Å². The average molecular weight is 289 g/mol. The van der Waals surface area contributed by atoms with Gasteiger partial charge < -0.3 is 10.8 Å². The third-order valence-electron chi connectivity index (χ3n) is 3.24. The van der Waals surface area contributed by atoms with E-state index in [9.17, 15) is 5.11 Å². The lowest BCUT2D eigenvalue weighted by molar-refractivity contribution is 0.477. The van der Waals surface area contributed by atoms with Crippen LogP contribution in [0.4, 0.5) is 5.69 Å². The van der Waals surface area contributed by atoms with E-state index in [4.69, 9.17) is 5.73 Å². The van der Waals surface area contributed by atoms with Gasteiger partial charge in [-0.1, -0.05) is 24.0 Å².